The van der Waals surface area contributed by atoms with Crippen LogP contribution in [0.15, 0.2) is 48.2 Å². The number of aryl methyl sites for hydroxylation is 1. The van der Waals surface area contributed by atoms with Crippen molar-refractivity contribution in [2.45, 2.75) is 20.8 Å². The number of rotatable bonds is 5. The first-order valence-corrected chi connectivity index (χ1v) is 9.05. The molecule has 0 atom stereocenters. The quantitative estimate of drug-likeness (QED) is 0.762. The molecule has 0 saturated carbocycles. The molecule has 3 rings (SSSR count). The molecule has 140 valence electrons. The number of carbonyl (C=O) groups is 2. The third-order valence-electron chi connectivity index (χ3n) is 4.31. The molecule has 1 aliphatic heterocycles. The second-order valence-electron chi connectivity index (χ2n) is 6.96. The predicted molar refractivity (Wildman–Crippen MR) is 105 cm³/mol. The van der Waals surface area contributed by atoms with Gasteiger partial charge in [-0.3, -0.25) is 14.5 Å². The first kappa shape index (κ1) is 19.1. The molecule has 2 aromatic carbocycles. The number of hydrogen-bond donors (Lipinski definition) is 1. The number of imide groups is 1. The van der Waals surface area contributed by atoms with Gasteiger partial charge in [-0.1, -0.05) is 43.6 Å². The Hall–Kier alpha value is -2.66. The van der Waals surface area contributed by atoms with Crippen LogP contribution in [0.25, 0.3) is 5.57 Å². The molecule has 0 spiro atoms. The highest BCUT2D eigenvalue weighted by atomic mass is 35.5. The number of halogens is 2. The SMILES string of the molecule is Cc1ccc(Cl)cc1NC1=C(c2ccc(F)cc2)C(=O)N(CC(C)C)C1=O. The standard InChI is InChI=1S/C21H20ClFN2O2/c1-12(2)11-25-20(26)18(14-5-8-16(23)9-6-14)19(21(25)27)24-17-10-15(22)7-4-13(17)3/h4-10,12,24H,11H2,1-3H3. The number of amides is 2. The maximum atomic E-state index is 13.3. The van der Waals surface area contributed by atoms with Gasteiger partial charge in [0.1, 0.15) is 11.5 Å². The average Bonchev–Trinajstić information content (AvgIpc) is 2.83. The molecular weight excluding hydrogens is 367 g/mol. The molecule has 6 heteroatoms. The van der Waals surface area contributed by atoms with Crippen LogP contribution in [-0.2, 0) is 9.59 Å². The number of nitrogens with one attached hydrogen (secondary N) is 1. The lowest BCUT2D eigenvalue weighted by Gasteiger charge is -2.17. The number of carbonyl (C=O) groups excluding carboxylic acids is 2. The molecule has 0 unspecified atom stereocenters. The Labute approximate surface area is 162 Å². The molecule has 27 heavy (non-hydrogen) atoms. The summed E-state index contributed by atoms with van der Waals surface area (Å²) >= 11 is 6.08. The van der Waals surface area contributed by atoms with Crippen molar-refractivity contribution in [1.82, 2.24) is 4.90 Å². The van der Waals surface area contributed by atoms with Gasteiger partial charge < -0.3 is 5.32 Å². The van der Waals surface area contributed by atoms with Crippen molar-refractivity contribution >= 4 is 34.7 Å². The maximum Gasteiger partial charge on any atom is 0.278 e. The second kappa shape index (κ2) is 7.53. The minimum atomic E-state index is -0.407. The van der Waals surface area contributed by atoms with Crippen LogP contribution in [0.1, 0.15) is 25.0 Å². The van der Waals surface area contributed by atoms with Gasteiger partial charge in [-0.15, -0.1) is 0 Å². The molecule has 2 amide bonds. The minimum absolute atomic E-state index is 0.125. The van der Waals surface area contributed by atoms with Crippen LogP contribution >= 0.6 is 11.6 Å². The number of hydrogen-bond acceptors (Lipinski definition) is 3. The van der Waals surface area contributed by atoms with Gasteiger partial charge in [0.15, 0.2) is 0 Å². The lowest BCUT2D eigenvalue weighted by molar-refractivity contribution is -0.137. The second-order valence-corrected chi connectivity index (χ2v) is 7.39. The zero-order valence-electron chi connectivity index (χ0n) is 15.3. The Balaban J connectivity index is 2.10. The minimum Gasteiger partial charge on any atom is -0.350 e. The van der Waals surface area contributed by atoms with Gasteiger partial charge in [0.25, 0.3) is 11.8 Å². The van der Waals surface area contributed by atoms with Gasteiger partial charge in [0.2, 0.25) is 0 Å². The van der Waals surface area contributed by atoms with Crippen LogP contribution in [0.5, 0.6) is 0 Å². The molecule has 2 aromatic rings. The lowest BCUT2D eigenvalue weighted by Crippen LogP contribution is -2.35. The third kappa shape index (κ3) is 3.88. The van der Waals surface area contributed by atoms with Crippen LogP contribution < -0.4 is 5.32 Å². The van der Waals surface area contributed by atoms with E-state index in [4.69, 9.17) is 11.6 Å². The average molecular weight is 387 g/mol. The first-order valence-electron chi connectivity index (χ1n) is 8.67. The molecule has 0 bridgehead atoms. The van der Waals surface area contributed by atoms with Crippen LogP contribution in [0.4, 0.5) is 10.1 Å². The fourth-order valence-electron chi connectivity index (χ4n) is 2.97. The molecule has 0 radical (unpaired) electrons. The lowest BCUT2D eigenvalue weighted by atomic mass is 10.0. The van der Waals surface area contributed by atoms with E-state index in [1.54, 1.807) is 12.1 Å². The van der Waals surface area contributed by atoms with Crippen molar-refractivity contribution in [1.29, 1.82) is 0 Å². The molecule has 0 aromatic heterocycles. The van der Waals surface area contributed by atoms with Crippen molar-refractivity contribution < 1.29 is 14.0 Å². The van der Waals surface area contributed by atoms with Crippen molar-refractivity contribution in [2.24, 2.45) is 5.92 Å². The van der Waals surface area contributed by atoms with Gasteiger partial charge in [-0.25, -0.2) is 4.39 Å². The van der Waals surface area contributed by atoms with Crippen LogP contribution in [-0.4, -0.2) is 23.3 Å². The predicted octanol–water partition coefficient (Wildman–Crippen LogP) is 4.64. The van der Waals surface area contributed by atoms with Crippen LogP contribution in [0.2, 0.25) is 5.02 Å². The van der Waals surface area contributed by atoms with E-state index in [1.807, 2.05) is 26.8 Å². The van der Waals surface area contributed by atoms with Gasteiger partial charge in [0, 0.05) is 17.3 Å². The van der Waals surface area contributed by atoms with E-state index in [0.717, 1.165) is 5.56 Å². The molecular formula is C21H20ClFN2O2. The number of anilines is 1. The van der Waals surface area contributed by atoms with Gasteiger partial charge >= 0.3 is 0 Å². The summed E-state index contributed by atoms with van der Waals surface area (Å²) in [5.41, 5.74) is 2.43. The highest BCUT2D eigenvalue weighted by Gasteiger charge is 2.39. The monoisotopic (exact) mass is 386 g/mol. The van der Waals surface area contributed by atoms with Gasteiger partial charge in [-0.05, 0) is 48.2 Å². The summed E-state index contributed by atoms with van der Waals surface area (Å²) in [4.78, 5) is 27.2. The molecule has 1 heterocycles. The van der Waals surface area contributed by atoms with E-state index in [0.29, 0.717) is 22.8 Å². The topological polar surface area (TPSA) is 49.4 Å². The molecule has 0 fully saturated rings. The Morgan fingerprint density at radius 1 is 1.07 bits per heavy atom. The number of nitrogens with zero attached hydrogens (tertiary/aromatic N) is 1. The summed E-state index contributed by atoms with van der Waals surface area (Å²) in [5.74, 6) is -1.06. The van der Waals surface area contributed by atoms with Crippen molar-refractivity contribution in [3.63, 3.8) is 0 Å². The molecule has 1 aliphatic rings. The van der Waals surface area contributed by atoms with Gasteiger partial charge in [0.05, 0.1) is 5.57 Å². The summed E-state index contributed by atoms with van der Waals surface area (Å²) in [6.07, 6.45) is 0. The van der Waals surface area contributed by atoms with E-state index in [-0.39, 0.29) is 23.1 Å². The fourth-order valence-corrected chi connectivity index (χ4v) is 3.14. The van der Waals surface area contributed by atoms with E-state index < -0.39 is 11.7 Å². The van der Waals surface area contributed by atoms with Crippen LogP contribution in [0, 0.1) is 18.7 Å². The van der Waals surface area contributed by atoms with Crippen molar-refractivity contribution in [2.75, 3.05) is 11.9 Å². The normalized spacial score (nSPS) is 14.5. The van der Waals surface area contributed by atoms with Crippen molar-refractivity contribution in [3.05, 3.63) is 70.1 Å². The molecule has 1 N–H and O–H groups in total. The fraction of sp³-hybridized carbons (Fsp3) is 0.238. The molecule has 4 nitrogen and oxygen atoms in total. The largest absolute Gasteiger partial charge is 0.350 e. The zero-order valence-corrected chi connectivity index (χ0v) is 16.1. The summed E-state index contributed by atoms with van der Waals surface area (Å²) < 4.78 is 13.3. The van der Waals surface area contributed by atoms with Crippen molar-refractivity contribution in [3.8, 4) is 0 Å². The Kier molecular flexibility index (Phi) is 5.33. The third-order valence-corrected chi connectivity index (χ3v) is 4.54. The zero-order chi connectivity index (χ0) is 19.7. The highest BCUT2D eigenvalue weighted by molar-refractivity contribution is 6.36. The van der Waals surface area contributed by atoms with Gasteiger partial charge in [-0.2, -0.15) is 0 Å². The number of benzene rings is 2. The Morgan fingerprint density at radius 2 is 1.74 bits per heavy atom. The molecule has 0 aliphatic carbocycles. The van der Waals surface area contributed by atoms with E-state index in [9.17, 15) is 14.0 Å². The Morgan fingerprint density at radius 3 is 2.37 bits per heavy atom. The summed E-state index contributed by atoms with van der Waals surface area (Å²) in [5, 5.41) is 3.60. The van der Waals surface area contributed by atoms with E-state index in [2.05, 4.69) is 5.32 Å². The maximum absolute atomic E-state index is 13.3. The molecule has 0 saturated heterocycles. The van der Waals surface area contributed by atoms with E-state index in [1.165, 1.54) is 29.2 Å². The summed E-state index contributed by atoms with van der Waals surface area (Å²) in [6.45, 7) is 6.06. The first-order chi connectivity index (χ1) is 12.8. The summed E-state index contributed by atoms with van der Waals surface area (Å²) in [6, 6.07) is 10.8. The summed E-state index contributed by atoms with van der Waals surface area (Å²) in [7, 11) is 0. The van der Waals surface area contributed by atoms with Crippen LogP contribution in [0.3, 0.4) is 0 Å². The Bertz CT molecular complexity index is 936. The van der Waals surface area contributed by atoms with E-state index >= 15 is 0 Å². The highest BCUT2D eigenvalue weighted by Crippen LogP contribution is 2.32. The smallest absolute Gasteiger partial charge is 0.278 e.